The Morgan fingerprint density at radius 3 is 2.79 bits per heavy atom. The van der Waals surface area contributed by atoms with Gasteiger partial charge in [0.25, 0.3) is 0 Å². The van der Waals surface area contributed by atoms with Gasteiger partial charge in [0, 0.05) is 11.0 Å². The first kappa shape index (κ1) is 14.0. The fourth-order valence-electron chi connectivity index (χ4n) is 2.16. The quantitative estimate of drug-likeness (QED) is 0.919. The van der Waals surface area contributed by atoms with E-state index < -0.39 is 11.4 Å². The van der Waals surface area contributed by atoms with Crippen LogP contribution in [0, 0.1) is 0 Å². The van der Waals surface area contributed by atoms with E-state index in [1.165, 1.54) is 0 Å². The zero-order valence-electron chi connectivity index (χ0n) is 10.9. The standard InChI is InChI=1S/C13H15BrO5/c1-13(2,5-9(15)16)7-4-8-12(19-6-18-8)10(14)11(7)17-3/h4H,5-6H2,1-3H3,(H,15,16). The molecule has 0 amide bonds. The number of carboxylic acid groups (broad SMARTS) is 1. The van der Waals surface area contributed by atoms with Crippen LogP contribution >= 0.6 is 15.9 Å². The maximum Gasteiger partial charge on any atom is 0.304 e. The molecular weight excluding hydrogens is 316 g/mol. The minimum Gasteiger partial charge on any atom is -0.495 e. The highest BCUT2D eigenvalue weighted by Crippen LogP contribution is 2.50. The number of hydrogen-bond acceptors (Lipinski definition) is 4. The first-order valence-corrected chi connectivity index (χ1v) is 6.54. The number of halogens is 1. The highest BCUT2D eigenvalue weighted by molar-refractivity contribution is 9.10. The van der Waals surface area contributed by atoms with Crippen molar-refractivity contribution in [3.8, 4) is 17.2 Å². The molecule has 19 heavy (non-hydrogen) atoms. The van der Waals surface area contributed by atoms with Crippen molar-refractivity contribution < 1.29 is 24.1 Å². The largest absolute Gasteiger partial charge is 0.495 e. The smallest absolute Gasteiger partial charge is 0.304 e. The number of carboxylic acids is 1. The molecule has 0 fully saturated rings. The van der Waals surface area contributed by atoms with E-state index in [2.05, 4.69) is 15.9 Å². The number of hydrogen-bond donors (Lipinski definition) is 1. The molecule has 0 saturated heterocycles. The average Bonchev–Trinajstić information content (AvgIpc) is 2.75. The predicted molar refractivity (Wildman–Crippen MR) is 72.1 cm³/mol. The van der Waals surface area contributed by atoms with Crippen LogP contribution in [0.4, 0.5) is 0 Å². The molecule has 1 heterocycles. The van der Waals surface area contributed by atoms with Gasteiger partial charge in [0.05, 0.1) is 13.5 Å². The molecule has 0 unspecified atom stereocenters. The van der Waals surface area contributed by atoms with Gasteiger partial charge in [-0.3, -0.25) is 4.79 Å². The molecule has 0 atom stereocenters. The summed E-state index contributed by atoms with van der Waals surface area (Å²) in [4.78, 5) is 11.0. The lowest BCUT2D eigenvalue weighted by atomic mass is 9.81. The van der Waals surface area contributed by atoms with Gasteiger partial charge in [-0.1, -0.05) is 13.8 Å². The number of rotatable bonds is 4. The second kappa shape index (κ2) is 4.92. The summed E-state index contributed by atoms with van der Waals surface area (Å²) in [6.07, 6.45) is -0.00452. The molecule has 104 valence electrons. The Labute approximate surface area is 119 Å². The van der Waals surface area contributed by atoms with E-state index in [9.17, 15) is 4.79 Å². The Hall–Kier alpha value is -1.43. The summed E-state index contributed by atoms with van der Waals surface area (Å²) in [5, 5.41) is 9.03. The fourth-order valence-corrected chi connectivity index (χ4v) is 2.85. The summed E-state index contributed by atoms with van der Waals surface area (Å²) in [6.45, 7) is 3.86. The van der Waals surface area contributed by atoms with Crippen LogP contribution in [-0.4, -0.2) is 25.0 Å². The fraction of sp³-hybridized carbons (Fsp3) is 0.462. The summed E-state index contributed by atoms with van der Waals surface area (Å²) in [5.41, 5.74) is 0.189. The second-order valence-corrected chi connectivity index (χ2v) is 5.75. The number of benzene rings is 1. The van der Waals surface area contributed by atoms with Crippen LogP contribution < -0.4 is 14.2 Å². The van der Waals surface area contributed by atoms with Crippen molar-refractivity contribution in [3.05, 3.63) is 16.1 Å². The number of fused-ring (bicyclic) bond motifs is 1. The Morgan fingerprint density at radius 1 is 1.53 bits per heavy atom. The van der Waals surface area contributed by atoms with Gasteiger partial charge in [-0.15, -0.1) is 0 Å². The third-order valence-corrected chi connectivity index (χ3v) is 3.81. The van der Waals surface area contributed by atoms with Crippen LogP contribution in [-0.2, 0) is 10.2 Å². The average molecular weight is 331 g/mol. The summed E-state index contributed by atoms with van der Waals surface area (Å²) >= 11 is 3.42. The summed E-state index contributed by atoms with van der Waals surface area (Å²) < 4.78 is 16.8. The number of aliphatic carboxylic acids is 1. The van der Waals surface area contributed by atoms with E-state index >= 15 is 0 Å². The normalized spacial score (nSPS) is 13.5. The first-order chi connectivity index (χ1) is 8.86. The van der Waals surface area contributed by atoms with Gasteiger partial charge in [-0.2, -0.15) is 0 Å². The molecule has 1 aliphatic rings. The van der Waals surface area contributed by atoms with Crippen molar-refractivity contribution in [3.63, 3.8) is 0 Å². The molecule has 1 aliphatic heterocycles. The minimum absolute atomic E-state index is 0.00452. The van der Waals surface area contributed by atoms with Crippen molar-refractivity contribution >= 4 is 21.9 Å². The highest BCUT2D eigenvalue weighted by atomic mass is 79.9. The van der Waals surface area contributed by atoms with E-state index in [0.29, 0.717) is 21.7 Å². The monoisotopic (exact) mass is 330 g/mol. The van der Waals surface area contributed by atoms with Gasteiger partial charge in [-0.25, -0.2) is 0 Å². The Bertz CT molecular complexity index is 524. The lowest BCUT2D eigenvalue weighted by Gasteiger charge is -2.26. The summed E-state index contributed by atoms with van der Waals surface area (Å²) in [6, 6.07) is 1.79. The first-order valence-electron chi connectivity index (χ1n) is 5.75. The third kappa shape index (κ3) is 2.49. The van der Waals surface area contributed by atoms with Crippen molar-refractivity contribution in [2.24, 2.45) is 0 Å². The Kier molecular flexibility index (Phi) is 3.62. The molecule has 6 heteroatoms. The molecule has 0 radical (unpaired) electrons. The maximum absolute atomic E-state index is 11.0. The lowest BCUT2D eigenvalue weighted by Crippen LogP contribution is -2.22. The summed E-state index contributed by atoms with van der Waals surface area (Å²) in [5.74, 6) is 0.907. The minimum atomic E-state index is -0.860. The van der Waals surface area contributed by atoms with Gasteiger partial charge in [0.1, 0.15) is 10.2 Å². The van der Waals surface area contributed by atoms with Crippen LogP contribution in [0.1, 0.15) is 25.8 Å². The zero-order valence-corrected chi connectivity index (χ0v) is 12.5. The molecule has 0 aromatic heterocycles. The van der Waals surface area contributed by atoms with Crippen LogP contribution in [0.5, 0.6) is 17.2 Å². The van der Waals surface area contributed by atoms with E-state index in [0.717, 1.165) is 5.56 Å². The maximum atomic E-state index is 11.0. The van der Waals surface area contributed by atoms with Gasteiger partial charge in [0.15, 0.2) is 11.5 Å². The van der Waals surface area contributed by atoms with Crippen molar-refractivity contribution in [1.82, 2.24) is 0 Å². The Balaban J connectivity index is 2.57. The molecule has 5 nitrogen and oxygen atoms in total. The van der Waals surface area contributed by atoms with Crippen molar-refractivity contribution in [2.75, 3.05) is 13.9 Å². The molecular formula is C13H15BrO5. The lowest BCUT2D eigenvalue weighted by molar-refractivity contribution is -0.138. The van der Waals surface area contributed by atoms with E-state index in [1.807, 2.05) is 13.8 Å². The van der Waals surface area contributed by atoms with E-state index in [1.54, 1.807) is 13.2 Å². The van der Waals surface area contributed by atoms with Crippen molar-refractivity contribution in [2.45, 2.75) is 25.7 Å². The third-order valence-electron chi connectivity index (χ3n) is 3.09. The molecule has 0 spiro atoms. The van der Waals surface area contributed by atoms with Crippen LogP contribution in [0.25, 0.3) is 0 Å². The van der Waals surface area contributed by atoms with Crippen LogP contribution in [0.3, 0.4) is 0 Å². The zero-order chi connectivity index (χ0) is 14.2. The van der Waals surface area contributed by atoms with Gasteiger partial charge >= 0.3 is 5.97 Å². The predicted octanol–water partition coefficient (Wildman–Crippen LogP) is 2.94. The van der Waals surface area contributed by atoms with Gasteiger partial charge in [0.2, 0.25) is 6.79 Å². The van der Waals surface area contributed by atoms with Crippen molar-refractivity contribution in [1.29, 1.82) is 0 Å². The molecule has 0 saturated carbocycles. The molecule has 0 bridgehead atoms. The molecule has 1 N–H and O–H groups in total. The van der Waals surface area contributed by atoms with E-state index in [4.69, 9.17) is 19.3 Å². The SMILES string of the molecule is COc1c(C(C)(C)CC(=O)O)cc2c(c1Br)OCO2. The molecule has 1 aromatic carbocycles. The Morgan fingerprint density at radius 2 is 2.21 bits per heavy atom. The van der Waals surface area contributed by atoms with Gasteiger partial charge in [-0.05, 0) is 22.0 Å². The topological polar surface area (TPSA) is 65.0 Å². The van der Waals surface area contributed by atoms with Crippen LogP contribution in [0.15, 0.2) is 10.5 Å². The van der Waals surface area contributed by atoms with Gasteiger partial charge < -0.3 is 19.3 Å². The molecule has 2 rings (SSSR count). The highest BCUT2D eigenvalue weighted by Gasteiger charge is 2.33. The number of carbonyl (C=O) groups is 1. The number of methoxy groups -OCH3 is 1. The second-order valence-electron chi connectivity index (χ2n) is 4.96. The molecule has 1 aromatic rings. The molecule has 0 aliphatic carbocycles. The number of ether oxygens (including phenoxy) is 3. The summed E-state index contributed by atoms with van der Waals surface area (Å²) in [7, 11) is 1.54. The van der Waals surface area contributed by atoms with E-state index in [-0.39, 0.29) is 13.2 Å². The van der Waals surface area contributed by atoms with Crippen LogP contribution in [0.2, 0.25) is 0 Å².